The highest BCUT2D eigenvalue weighted by Crippen LogP contribution is 2.30. The average Bonchev–Trinajstić information content (AvgIpc) is 2.60. The van der Waals surface area contributed by atoms with Gasteiger partial charge < -0.3 is 15.2 Å². The molecular weight excluding hydrogens is 344 g/mol. The minimum Gasteiger partial charge on any atom is -0.493 e. The van der Waals surface area contributed by atoms with Crippen molar-refractivity contribution in [2.75, 3.05) is 18.9 Å². The van der Waals surface area contributed by atoms with Crippen LogP contribution in [-0.2, 0) is 14.8 Å². The number of hydrogen-bond acceptors (Lipinski definition) is 5. The molecule has 0 fully saturated rings. The molecule has 0 bridgehead atoms. The van der Waals surface area contributed by atoms with E-state index in [0.717, 1.165) is 0 Å². The van der Waals surface area contributed by atoms with Crippen molar-refractivity contribution in [3.05, 3.63) is 54.1 Å². The monoisotopic (exact) mass is 362 g/mol. The number of amides is 1. The minimum atomic E-state index is -3.79. The molecule has 0 aliphatic heterocycles. The number of anilines is 1. The molecule has 2 rings (SSSR count). The molecule has 25 heavy (non-hydrogen) atoms. The number of nitrogens with two attached hydrogens (primary N) is 1. The van der Waals surface area contributed by atoms with Gasteiger partial charge in [0, 0.05) is 17.8 Å². The summed E-state index contributed by atoms with van der Waals surface area (Å²) in [7, 11) is -0.886. The topological polar surface area (TPSA) is 108 Å². The quantitative estimate of drug-likeness (QED) is 0.733. The molecule has 1 amide bonds. The van der Waals surface area contributed by atoms with Crippen LogP contribution in [0.15, 0.2) is 53.4 Å². The van der Waals surface area contributed by atoms with Gasteiger partial charge in [-0.1, -0.05) is 12.1 Å². The van der Waals surface area contributed by atoms with Gasteiger partial charge in [0.2, 0.25) is 5.91 Å². The van der Waals surface area contributed by atoms with E-state index in [0.29, 0.717) is 22.7 Å². The van der Waals surface area contributed by atoms with Crippen LogP contribution in [0, 0.1) is 0 Å². The molecule has 0 atom stereocenters. The Morgan fingerprint density at radius 1 is 1.04 bits per heavy atom. The summed E-state index contributed by atoms with van der Waals surface area (Å²) in [4.78, 5) is 10.8. The lowest BCUT2D eigenvalue weighted by atomic mass is 10.2. The summed E-state index contributed by atoms with van der Waals surface area (Å²) in [5.74, 6) is 0.197. The minimum absolute atomic E-state index is 0.0443. The first-order valence-corrected chi connectivity index (χ1v) is 8.66. The van der Waals surface area contributed by atoms with Crippen LogP contribution in [0.3, 0.4) is 0 Å². The SMILES string of the molecule is COc1ccc(S(=O)(=O)Nc2ccc(/C=C/C(N)=O)cc2)cc1OC. The molecule has 0 aromatic heterocycles. The second kappa shape index (κ2) is 7.71. The van der Waals surface area contributed by atoms with E-state index in [9.17, 15) is 13.2 Å². The molecule has 7 nitrogen and oxygen atoms in total. The number of hydrogen-bond donors (Lipinski definition) is 2. The van der Waals surface area contributed by atoms with Crippen molar-refractivity contribution in [1.82, 2.24) is 0 Å². The van der Waals surface area contributed by atoms with Gasteiger partial charge in [-0.25, -0.2) is 8.42 Å². The van der Waals surface area contributed by atoms with Gasteiger partial charge in [-0.2, -0.15) is 0 Å². The fourth-order valence-electron chi connectivity index (χ4n) is 2.04. The van der Waals surface area contributed by atoms with Crippen molar-refractivity contribution in [2.45, 2.75) is 4.90 Å². The second-order valence-corrected chi connectivity index (χ2v) is 6.66. The van der Waals surface area contributed by atoms with E-state index in [-0.39, 0.29) is 4.90 Å². The number of methoxy groups -OCH3 is 2. The predicted molar refractivity (Wildman–Crippen MR) is 95.0 cm³/mol. The lowest BCUT2D eigenvalue weighted by Gasteiger charge is -2.11. The average molecular weight is 362 g/mol. The fraction of sp³-hybridized carbons (Fsp3) is 0.118. The third-order valence-corrected chi connectivity index (χ3v) is 4.65. The Morgan fingerprint density at radius 2 is 1.68 bits per heavy atom. The number of rotatable bonds is 7. The maximum Gasteiger partial charge on any atom is 0.262 e. The molecular formula is C17H18N2O5S. The molecule has 0 unspecified atom stereocenters. The summed E-state index contributed by atoms with van der Waals surface area (Å²) in [6.45, 7) is 0. The Kier molecular flexibility index (Phi) is 5.66. The van der Waals surface area contributed by atoms with Crippen LogP contribution < -0.4 is 19.9 Å². The summed E-state index contributed by atoms with van der Waals surface area (Å²) in [5.41, 5.74) is 6.12. The molecule has 0 saturated heterocycles. The molecule has 132 valence electrons. The molecule has 0 aliphatic rings. The van der Waals surface area contributed by atoms with E-state index in [4.69, 9.17) is 15.2 Å². The molecule has 0 heterocycles. The van der Waals surface area contributed by atoms with Crippen molar-refractivity contribution in [3.8, 4) is 11.5 Å². The van der Waals surface area contributed by atoms with E-state index >= 15 is 0 Å². The highest BCUT2D eigenvalue weighted by Gasteiger charge is 2.17. The molecule has 3 N–H and O–H groups in total. The third-order valence-electron chi connectivity index (χ3n) is 3.27. The van der Waals surface area contributed by atoms with E-state index < -0.39 is 15.9 Å². The van der Waals surface area contributed by atoms with Crippen LogP contribution >= 0.6 is 0 Å². The summed E-state index contributed by atoms with van der Waals surface area (Å²) in [6, 6.07) is 10.8. The Hall–Kier alpha value is -3.00. The lowest BCUT2D eigenvalue weighted by Crippen LogP contribution is -2.13. The summed E-state index contributed by atoms with van der Waals surface area (Å²) in [5, 5.41) is 0. The van der Waals surface area contributed by atoms with E-state index in [1.807, 2.05) is 0 Å². The Labute approximate surface area is 146 Å². The maximum absolute atomic E-state index is 12.5. The first kappa shape index (κ1) is 18.3. The van der Waals surface area contributed by atoms with E-state index in [2.05, 4.69) is 4.72 Å². The van der Waals surface area contributed by atoms with Crippen molar-refractivity contribution in [2.24, 2.45) is 5.73 Å². The number of carbonyl (C=O) groups excluding carboxylic acids is 1. The third kappa shape index (κ3) is 4.74. The van der Waals surface area contributed by atoms with Crippen LogP contribution in [0.2, 0.25) is 0 Å². The number of carbonyl (C=O) groups is 1. The Morgan fingerprint density at radius 3 is 2.24 bits per heavy atom. The summed E-state index contributed by atoms with van der Waals surface area (Å²) in [6.07, 6.45) is 2.76. The molecule has 0 spiro atoms. The molecule has 0 radical (unpaired) electrons. The normalized spacial score (nSPS) is 11.3. The number of ether oxygens (including phenoxy) is 2. The summed E-state index contributed by atoms with van der Waals surface area (Å²) < 4.78 is 37.7. The van der Waals surface area contributed by atoms with Crippen molar-refractivity contribution < 1.29 is 22.7 Å². The van der Waals surface area contributed by atoms with Gasteiger partial charge in [-0.3, -0.25) is 9.52 Å². The van der Waals surface area contributed by atoms with Gasteiger partial charge in [0.15, 0.2) is 11.5 Å². The fourth-order valence-corrected chi connectivity index (χ4v) is 3.11. The molecule has 8 heteroatoms. The summed E-state index contributed by atoms with van der Waals surface area (Å²) >= 11 is 0. The zero-order valence-electron chi connectivity index (χ0n) is 13.7. The van der Waals surface area contributed by atoms with Gasteiger partial charge in [0.25, 0.3) is 10.0 Å². The van der Waals surface area contributed by atoms with Crippen LogP contribution in [0.25, 0.3) is 6.08 Å². The number of primary amides is 1. The van der Waals surface area contributed by atoms with Gasteiger partial charge in [0.1, 0.15) is 0 Å². The van der Waals surface area contributed by atoms with Crippen molar-refractivity contribution >= 4 is 27.7 Å². The maximum atomic E-state index is 12.5. The van der Waals surface area contributed by atoms with Crippen molar-refractivity contribution in [1.29, 1.82) is 0 Å². The van der Waals surface area contributed by atoms with Crippen molar-refractivity contribution in [3.63, 3.8) is 0 Å². The molecule has 2 aromatic carbocycles. The van der Waals surface area contributed by atoms with E-state index in [1.54, 1.807) is 24.3 Å². The number of sulfonamides is 1. The van der Waals surface area contributed by atoms with Crippen LogP contribution in [0.1, 0.15) is 5.56 Å². The highest BCUT2D eigenvalue weighted by atomic mass is 32.2. The van der Waals surface area contributed by atoms with Gasteiger partial charge in [-0.15, -0.1) is 0 Å². The lowest BCUT2D eigenvalue weighted by molar-refractivity contribution is -0.113. The Bertz CT molecular complexity index is 890. The molecule has 2 aromatic rings. The van der Waals surface area contributed by atoms with Crippen LogP contribution in [-0.4, -0.2) is 28.5 Å². The van der Waals surface area contributed by atoms with Gasteiger partial charge in [-0.05, 0) is 35.9 Å². The Balaban J connectivity index is 2.22. The molecule has 0 saturated carbocycles. The number of nitrogens with one attached hydrogen (secondary N) is 1. The number of benzene rings is 2. The molecule has 0 aliphatic carbocycles. The zero-order valence-corrected chi connectivity index (χ0v) is 14.5. The van der Waals surface area contributed by atoms with E-state index in [1.165, 1.54) is 44.6 Å². The van der Waals surface area contributed by atoms with Gasteiger partial charge >= 0.3 is 0 Å². The standard InChI is InChI=1S/C17H18N2O5S/c1-23-15-9-8-14(11-16(15)24-2)25(21,22)19-13-6-3-12(4-7-13)5-10-17(18)20/h3-11,19H,1-2H3,(H2,18,20)/b10-5+. The second-order valence-electron chi connectivity index (χ2n) is 4.98. The zero-order chi connectivity index (χ0) is 18.4. The largest absolute Gasteiger partial charge is 0.493 e. The smallest absolute Gasteiger partial charge is 0.262 e. The first-order valence-electron chi connectivity index (χ1n) is 7.18. The predicted octanol–water partition coefficient (Wildman–Crippen LogP) is 2.00. The first-order chi connectivity index (χ1) is 11.9. The van der Waals surface area contributed by atoms with Crippen LogP contribution in [0.5, 0.6) is 11.5 Å². The highest BCUT2D eigenvalue weighted by molar-refractivity contribution is 7.92. The van der Waals surface area contributed by atoms with Gasteiger partial charge in [0.05, 0.1) is 19.1 Å². The van der Waals surface area contributed by atoms with Crippen LogP contribution in [0.4, 0.5) is 5.69 Å².